The van der Waals surface area contributed by atoms with E-state index < -0.39 is 0 Å². The highest BCUT2D eigenvalue weighted by atomic mass is 35.5. The summed E-state index contributed by atoms with van der Waals surface area (Å²) in [4.78, 5) is 0. The van der Waals surface area contributed by atoms with Crippen molar-refractivity contribution in [2.75, 3.05) is 13.7 Å². The molecule has 1 aromatic carbocycles. The number of benzene rings is 1. The normalized spacial score (nSPS) is 12.6. The molecule has 0 radical (unpaired) electrons. The lowest BCUT2D eigenvalue weighted by Crippen LogP contribution is -2.14. The second kappa shape index (κ2) is 6.09. The third-order valence-corrected chi connectivity index (χ3v) is 2.95. The second-order valence-electron chi connectivity index (χ2n) is 3.88. The molecular weight excluding hydrogens is 224 g/mol. The van der Waals surface area contributed by atoms with E-state index in [-0.39, 0.29) is 6.04 Å². The summed E-state index contributed by atoms with van der Waals surface area (Å²) in [5.74, 6) is 0.689. The van der Waals surface area contributed by atoms with Crippen LogP contribution in [0.25, 0.3) is 0 Å². The molecule has 0 aromatic heterocycles. The number of rotatable bonds is 5. The van der Waals surface area contributed by atoms with Crippen LogP contribution in [0, 0.1) is 6.92 Å². The molecule has 0 spiro atoms. The SMILES string of the molecule is COc1cc(C)c(C(N)CCCN)cc1Cl. The fourth-order valence-electron chi connectivity index (χ4n) is 1.72. The summed E-state index contributed by atoms with van der Waals surface area (Å²) in [7, 11) is 1.61. The molecule has 16 heavy (non-hydrogen) atoms. The van der Waals surface area contributed by atoms with E-state index >= 15 is 0 Å². The molecule has 0 aliphatic carbocycles. The van der Waals surface area contributed by atoms with Gasteiger partial charge in [-0.05, 0) is 49.6 Å². The van der Waals surface area contributed by atoms with E-state index in [4.69, 9.17) is 27.8 Å². The van der Waals surface area contributed by atoms with Crippen LogP contribution in [-0.2, 0) is 0 Å². The molecule has 0 heterocycles. The van der Waals surface area contributed by atoms with Gasteiger partial charge in [0.15, 0.2) is 0 Å². The largest absolute Gasteiger partial charge is 0.495 e. The van der Waals surface area contributed by atoms with E-state index in [0.29, 0.717) is 17.3 Å². The van der Waals surface area contributed by atoms with Crippen LogP contribution in [0.1, 0.15) is 30.0 Å². The van der Waals surface area contributed by atoms with Crippen molar-refractivity contribution in [1.82, 2.24) is 0 Å². The molecular formula is C12H19ClN2O. The Balaban J connectivity index is 2.92. The maximum atomic E-state index is 6.09. The number of methoxy groups -OCH3 is 1. The fraction of sp³-hybridized carbons (Fsp3) is 0.500. The summed E-state index contributed by atoms with van der Waals surface area (Å²) in [6.07, 6.45) is 1.80. The molecule has 90 valence electrons. The summed E-state index contributed by atoms with van der Waals surface area (Å²) < 4.78 is 5.15. The summed E-state index contributed by atoms with van der Waals surface area (Å²) >= 11 is 6.07. The van der Waals surface area contributed by atoms with Crippen LogP contribution in [0.2, 0.25) is 5.02 Å². The molecule has 1 unspecified atom stereocenters. The smallest absolute Gasteiger partial charge is 0.137 e. The van der Waals surface area contributed by atoms with Gasteiger partial charge in [0.25, 0.3) is 0 Å². The van der Waals surface area contributed by atoms with Gasteiger partial charge in [-0.2, -0.15) is 0 Å². The van der Waals surface area contributed by atoms with Gasteiger partial charge >= 0.3 is 0 Å². The van der Waals surface area contributed by atoms with Gasteiger partial charge in [-0.1, -0.05) is 11.6 Å². The minimum absolute atomic E-state index is 0.00745. The van der Waals surface area contributed by atoms with E-state index in [1.807, 2.05) is 19.1 Å². The first-order valence-electron chi connectivity index (χ1n) is 5.39. The van der Waals surface area contributed by atoms with E-state index in [0.717, 1.165) is 24.0 Å². The number of ether oxygens (including phenoxy) is 1. The molecule has 1 rings (SSSR count). The van der Waals surface area contributed by atoms with Crippen LogP contribution >= 0.6 is 11.6 Å². The molecule has 1 aromatic rings. The standard InChI is InChI=1S/C12H19ClN2O/c1-8-6-12(16-2)10(13)7-9(8)11(15)4-3-5-14/h6-7,11H,3-5,14-15H2,1-2H3. The summed E-state index contributed by atoms with van der Waals surface area (Å²) in [6, 6.07) is 3.80. The fourth-order valence-corrected chi connectivity index (χ4v) is 1.97. The topological polar surface area (TPSA) is 61.3 Å². The quantitative estimate of drug-likeness (QED) is 0.834. The highest BCUT2D eigenvalue weighted by Crippen LogP contribution is 2.31. The number of nitrogens with two attached hydrogens (primary N) is 2. The average Bonchev–Trinajstić information content (AvgIpc) is 2.28. The van der Waals surface area contributed by atoms with Gasteiger partial charge in [0, 0.05) is 6.04 Å². The molecule has 0 saturated carbocycles. The van der Waals surface area contributed by atoms with Crippen LogP contribution in [-0.4, -0.2) is 13.7 Å². The van der Waals surface area contributed by atoms with Crippen molar-refractivity contribution in [3.8, 4) is 5.75 Å². The monoisotopic (exact) mass is 242 g/mol. The zero-order valence-corrected chi connectivity index (χ0v) is 10.6. The van der Waals surface area contributed by atoms with Gasteiger partial charge in [0.05, 0.1) is 12.1 Å². The van der Waals surface area contributed by atoms with E-state index in [2.05, 4.69) is 0 Å². The first-order chi connectivity index (χ1) is 7.60. The summed E-state index contributed by atoms with van der Waals surface area (Å²) in [5.41, 5.74) is 13.7. The predicted octanol–water partition coefficient (Wildman–Crippen LogP) is 2.40. The van der Waals surface area contributed by atoms with Gasteiger partial charge in [0.2, 0.25) is 0 Å². The lowest BCUT2D eigenvalue weighted by Gasteiger charge is -2.16. The van der Waals surface area contributed by atoms with Gasteiger partial charge in [-0.25, -0.2) is 0 Å². The molecule has 1 atom stereocenters. The van der Waals surface area contributed by atoms with E-state index in [1.165, 1.54) is 0 Å². The third kappa shape index (κ3) is 3.11. The van der Waals surface area contributed by atoms with Crippen molar-refractivity contribution in [3.63, 3.8) is 0 Å². The molecule has 0 amide bonds. The maximum absolute atomic E-state index is 6.09. The van der Waals surface area contributed by atoms with Crippen molar-refractivity contribution < 1.29 is 4.74 Å². The van der Waals surface area contributed by atoms with Crippen molar-refractivity contribution in [2.45, 2.75) is 25.8 Å². The van der Waals surface area contributed by atoms with Crippen LogP contribution in [0.4, 0.5) is 0 Å². The molecule has 0 saturated heterocycles. The molecule has 0 aliphatic heterocycles. The Morgan fingerprint density at radius 1 is 1.44 bits per heavy atom. The van der Waals surface area contributed by atoms with Gasteiger partial charge < -0.3 is 16.2 Å². The van der Waals surface area contributed by atoms with Crippen LogP contribution in [0.15, 0.2) is 12.1 Å². The average molecular weight is 243 g/mol. The zero-order chi connectivity index (χ0) is 12.1. The van der Waals surface area contributed by atoms with E-state index in [1.54, 1.807) is 7.11 Å². The molecule has 3 nitrogen and oxygen atoms in total. The first-order valence-corrected chi connectivity index (χ1v) is 5.77. The molecule has 0 fully saturated rings. The lowest BCUT2D eigenvalue weighted by molar-refractivity contribution is 0.414. The number of hydrogen-bond donors (Lipinski definition) is 2. The van der Waals surface area contributed by atoms with Gasteiger partial charge in [-0.3, -0.25) is 0 Å². The lowest BCUT2D eigenvalue weighted by atomic mass is 9.98. The Kier molecular flexibility index (Phi) is 5.06. The number of halogens is 1. The van der Waals surface area contributed by atoms with Crippen LogP contribution < -0.4 is 16.2 Å². The maximum Gasteiger partial charge on any atom is 0.137 e. The van der Waals surface area contributed by atoms with Gasteiger partial charge in [0.1, 0.15) is 5.75 Å². The first kappa shape index (κ1) is 13.3. The van der Waals surface area contributed by atoms with Crippen molar-refractivity contribution in [1.29, 1.82) is 0 Å². The second-order valence-corrected chi connectivity index (χ2v) is 4.29. The van der Waals surface area contributed by atoms with E-state index in [9.17, 15) is 0 Å². The molecule has 0 bridgehead atoms. The van der Waals surface area contributed by atoms with Crippen molar-refractivity contribution in [2.24, 2.45) is 11.5 Å². The minimum Gasteiger partial charge on any atom is -0.495 e. The highest BCUT2D eigenvalue weighted by molar-refractivity contribution is 6.32. The van der Waals surface area contributed by atoms with Crippen molar-refractivity contribution in [3.05, 3.63) is 28.3 Å². The Labute approximate surface area is 102 Å². The zero-order valence-electron chi connectivity index (χ0n) is 9.79. The third-order valence-electron chi connectivity index (χ3n) is 2.66. The Hall–Kier alpha value is -0.770. The van der Waals surface area contributed by atoms with Crippen molar-refractivity contribution >= 4 is 11.6 Å². The van der Waals surface area contributed by atoms with Crippen LogP contribution in [0.3, 0.4) is 0 Å². The predicted molar refractivity (Wildman–Crippen MR) is 68.0 cm³/mol. The summed E-state index contributed by atoms with van der Waals surface area (Å²) in [6.45, 7) is 2.67. The molecule has 4 heteroatoms. The number of aryl methyl sites for hydroxylation is 1. The molecule has 4 N–H and O–H groups in total. The highest BCUT2D eigenvalue weighted by Gasteiger charge is 2.12. The van der Waals surface area contributed by atoms with Crippen LogP contribution in [0.5, 0.6) is 5.75 Å². The van der Waals surface area contributed by atoms with Gasteiger partial charge in [-0.15, -0.1) is 0 Å². The summed E-state index contributed by atoms with van der Waals surface area (Å²) in [5, 5.41) is 0.603. The Morgan fingerprint density at radius 2 is 2.12 bits per heavy atom. The number of hydrogen-bond acceptors (Lipinski definition) is 3. The minimum atomic E-state index is -0.00745. The Bertz CT molecular complexity index is 355. The molecule has 0 aliphatic rings. The Morgan fingerprint density at radius 3 is 2.69 bits per heavy atom.